The Balaban J connectivity index is 0.00000361. The smallest absolute Gasteiger partial charge is 0.191 e. The van der Waals surface area contributed by atoms with Crippen LogP contribution in [0.4, 0.5) is 0 Å². The van der Waals surface area contributed by atoms with Crippen LogP contribution in [0.3, 0.4) is 0 Å². The molecule has 1 atom stereocenters. The van der Waals surface area contributed by atoms with Crippen molar-refractivity contribution in [2.75, 3.05) is 19.1 Å². The normalized spacial score (nSPS) is 13.4. The molecule has 2 N–H and O–H groups in total. The second-order valence-electron chi connectivity index (χ2n) is 4.52. The Morgan fingerprint density at radius 1 is 1.50 bits per heavy atom. The fourth-order valence-electron chi connectivity index (χ4n) is 1.47. The van der Waals surface area contributed by atoms with Crippen LogP contribution in [0.15, 0.2) is 21.8 Å². The van der Waals surface area contributed by atoms with Gasteiger partial charge in [0.25, 0.3) is 0 Å². The maximum atomic E-state index is 11.1. The molecule has 5 nitrogen and oxygen atoms in total. The number of nitrogens with one attached hydrogen (secondary N) is 2. The van der Waals surface area contributed by atoms with Crippen molar-refractivity contribution < 1.29 is 8.42 Å². The summed E-state index contributed by atoms with van der Waals surface area (Å²) in [5.41, 5.74) is 1.21. The molecule has 1 aromatic rings. The van der Waals surface area contributed by atoms with Gasteiger partial charge < -0.3 is 10.6 Å². The molecular weight excluding hydrogens is 409 g/mol. The van der Waals surface area contributed by atoms with Crippen molar-refractivity contribution in [1.29, 1.82) is 0 Å². The zero-order valence-electron chi connectivity index (χ0n) is 11.9. The van der Waals surface area contributed by atoms with Crippen molar-refractivity contribution in [3.8, 4) is 0 Å². The Kier molecular flexibility index (Phi) is 9.39. The third-order valence-corrected chi connectivity index (χ3v) is 4.28. The monoisotopic (exact) mass is 431 g/mol. The summed E-state index contributed by atoms with van der Waals surface area (Å²) < 4.78 is 22.2. The molecule has 0 amide bonds. The van der Waals surface area contributed by atoms with Gasteiger partial charge in [-0.3, -0.25) is 4.99 Å². The van der Waals surface area contributed by atoms with Crippen LogP contribution in [0.2, 0.25) is 0 Å². The number of aliphatic imine (C=N–C) groups is 1. The lowest BCUT2D eigenvalue weighted by Crippen LogP contribution is -2.42. The topological polar surface area (TPSA) is 70.6 Å². The molecule has 0 aliphatic carbocycles. The average molecular weight is 431 g/mol. The third-order valence-electron chi connectivity index (χ3n) is 2.57. The molecule has 0 aliphatic rings. The van der Waals surface area contributed by atoms with E-state index < -0.39 is 9.84 Å². The highest BCUT2D eigenvalue weighted by Gasteiger charge is 2.09. The van der Waals surface area contributed by atoms with Gasteiger partial charge >= 0.3 is 0 Å². The Labute approximate surface area is 142 Å². The van der Waals surface area contributed by atoms with Crippen molar-refractivity contribution in [1.82, 2.24) is 10.6 Å². The van der Waals surface area contributed by atoms with Gasteiger partial charge in [-0.15, -0.1) is 24.0 Å². The second-order valence-corrected chi connectivity index (χ2v) is 7.56. The predicted octanol–water partition coefficient (Wildman–Crippen LogP) is 1.85. The second kappa shape index (κ2) is 9.56. The van der Waals surface area contributed by atoms with Crippen LogP contribution in [0.25, 0.3) is 0 Å². The van der Waals surface area contributed by atoms with Gasteiger partial charge in [-0.2, -0.15) is 11.3 Å². The Morgan fingerprint density at radius 2 is 2.20 bits per heavy atom. The highest BCUT2D eigenvalue weighted by atomic mass is 127. The van der Waals surface area contributed by atoms with Crippen molar-refractivity contribution in [3.63, 3.8) is 0 Å². The van der Waals surface area contributed by atoms with Gasteiger partial charge in [-0.25, -0.2) is 8.42 Å². The average Bonchev–Trinajstić information content (AvgIpc) is 2.84. The highest BCUT2D eigenvalue weighted by molar-refractivity contribution is 14.0. The summed E-state index contributed by atoms with van der Waals surface area (Å²) >= 11 is 1.66. The summed E-state index contributed by atoms with van der Waals surface area (Å²) in [7, 11) is -1.21. The number of sulfone groups is 1. The lowest BCUT2D eigenvalue weighted by molar-refractivity contribution is 0.581. The van der Waals surface area contributed by atoms with Gasteiger partial charge in [-0.05, 0) is 35.7 Å². The van der Waals surface area contributed by atoms with Gasteiger partial charge in [0.15, 0.2) is 5.96 Å². The molecule has 1 rings (SSSR count). The first-order chi connectivity index (χ1) is 8.90. The van der Waals surface area contributed by atoms with Gasteiger partial charge in [0.1, 0.15) is 9.84 Å². The van der Waals surface area contributed by atoms with Crippen LogP contribution in [-0.2, 0) is 16.4 Å². The molecule has 20 heavy (non-hydrogen) atoms. The number of nitrogens with zero attached hydrogens (tertiary/aromatic N) is 1. The van der Waals surface area contributed by atoms with Gasteiger partial charge in [0.05, 0.1) is 5.75 Å². The van der Waals surface area contributed by atoms with E-state index in [9.17, 15) is 8.42 Å². The van der Waals surface area contributed by atoms with Crippen molar-refractivity contribution in [2.24, 2.45) is 4.99 Å². The number of guanidine groups is 1. The fourth-order valence-corrected chi connectivity index (χ4v) is 2.92. The lowest BCUT2D eigenvalue weighted by atomic mass is 10.3. The molecule has 0 aromatic carbocycles. The van der Waals surface area contributed by atoms with Gasteiger partial charge in [0.2, 0.25) is 0 Å². The van der Waals surface area contributed by atoms with E-state index in [-0.39, 0.29) is 35.8 Å². The minimum Gasteiger partial charge on any atom is -0.354 e. The lowest BCUT2D eigenvalue weighted by Gasteiger charge is -2.17. The molecule has 1 unspecified atom stereocenters. The van der Waals surface area contributed by atoms with E-state index in [0.29, 0.717) is 18.9 Å². The zero-order valence-corrected chi connectivity index (χ0v) is 15.9. The molecule has 8 heteroatoms. The fraction of sp³-hybridized carbons (Fsp3) is 0.583. The van der Waals surface area contributed by atoms with E-state index in [0.717, 1.165) is 0 Å². The maximum absolute atomic E-state index is 11.1. The maximum Gasteiger partial charge on any atom is 0.191 e. The van der Waals surface area contributed by atoms with Crippen LogP contribution in [0, 0.1) is 0 Å². The van der Waals surface area contributed by atoms with Crippen LogP contribution in [0.5, 0.6) is 0 Å². The molecule has 0 fully saturated rings. The number of hydrogen-bond acceptors (Lipinski definition) is 4. The minimum atomic E-state index is -2.91. The van der Waals surface area contributed by atoms with E-state index >= 15 is 0 Å². The highest BCUT2D eigenvalue weighted by Crippen LogP contribution is 2.04. The molecule has 0 spiro atoms. The molecule has 0 saturated heterocycles. The molecule has 0 aliphatic heterocycles. The first-order valence-electron chi connectivity index (χ1n) is 6.06. The Bertz CT molecular complexity index is 501. The van der Waals surface area contributed by atoms with E-state index in [2.05, 4.69) is 27.1 Å². The Morgan fingerprint density at radius 3 is 2.70 bits per heavy atom. The third kappa shape index (κ3) is 8.75. The molecule has 1 heterocycles. The van der Waals surface area contributed by atoms with E-state index in [1.807, 2.05) is 12.3 Å². The van der Waals surface area contributed by atoms with Gasteiger partial charge in [-0.1, -0.05) is 0 Å². The van der Waals surface area contributed by atoms with Gasteiger partial charge in [0, 0.05) is 25.9 Å². The summed E-state index contributed by atoms with van der Waals surface area (Å²) in [5, 5.41) is 10.5. The molecule has 1 aromatic heterocycles. The first kappa shape index (κ1) is 19.7. The number of halogens is 1. The minimum absolute atomic E-state index is 0. The quantitative estimate of drug-likeness (QED) is 0.410. The SMILES string of the molecule is CN=C(NCc1ccsc1)NC(C)CCS(C)(=O)=O.I. The standard InChI is InChI=1S/C12H21N3O2S2.HI/c1-10(5-7-19(3,16)17)15-12(13-2)14-8-11-4-6-18-9-11;/h4,6,9-10H,5,7-8H2,1-3H3,(H2,13,14,15);1H. The molecular formula is C12H22IN3O2S2. The Hall–Kier alpha value is -0.350. The molecule has 0 radical (unpaired) electrons. The predicted molar refractivity (Wildman–Crippen MR) is 96.9 cm³/mol. The zero-order chi connectivity index (χ0) is 14.3. The summed E-state index contributed by atoms with van der Waals surface area (Å²) in [6, 6.07) is 2.11. The molecule has 0 saturated carbocycles. The van der Waals surface area contributed by atoms with Crippen LogP contribution in [0.1, 0.15) is 18.9 Å². The van der Waals surface area contributed by atoms with Crippen LogP contribution < -0.4 is 10.6 Å². The van der Waals surface area contributed by atoms with Crippen LogP contribution in [-0.4, -0.2) is 39.5 Å². The van der Waals surface area contributed by atoms with Crippen molar-refractivity contribution in [2.45, 2.75) is 25.9 Å². The molecule has 0 bridgehead atoms. The summed E-state index contributed by atoms with van der Waals surface area (Å²) in [4.78, 5) is 4.12. The number of thiophene rings is 1. The molecule has 116 valence electrons. The number of rotatable bonds is 6. The van der Waals surface area contributed by atoms with Crippen molar-refractivity contribution >= 4 is 51.1 Å². The van der Waals surface area contributed by atoms with E-state index in [1.165, 1.54) is 11.8 Å². The summed E-state index contributed by atoms with van der Waals surface area (Å²) in [6.07, 6.45) is 1.82. The van der Waals surface area contributed by atoms with Crippen molar-refractivity contribution in [3.05, 3.63) is 22.4 Å². The van der Waals surface area contributed by atoms with Crippen LogP contribution >= 0.6 is 35.3 Å². The largest absolute Gasteiger partial charge is 0.354 e. The van der Waals surface area contributed by atoms with E-state index in [4.69, 9.17) is 0 Å². The summed E-state index contributed by atoms with van der Waals surface area (Å²) in [6.45, 7) is 2.66. The number of hydrogen-bond donors (Lipinski definition) is 2. The van der Waals surface area contributed by atoms with E-state index in [1.54, 1.807) is 18.4 Å². The summed E-state index contributed by atoms with van der Waals surface area (Å²) in [5.74, 6) is 0.870. The first-order valence-corrected chi connectivity index (χ1v) is 9.07.